The zero-order valence-corrected chi connectivity index (χ0v) is 11.2. The van der Waals surface area contributed by atoms with Crippen LogP contribution in [0.1, 0.15) is 11.6 Å². The summed E-state index contributed by atoms with van der Waals surface area (Å²) in [6, 6.07) is 8.02. The lowest BCUT2D eigenvalue weighted by Crippen LogP contribution is -2.67. The molecule has 1 atom stereocenters. The van der Waals surface area contributed by atoms with E-state index < -0.39 is 0 Å². The Labute approximate surface area is 116 Å². The lowest BCUT2D eigenvalue weighted by atomic mass is 10.0. The zero-order valence-electron chi connectivity index (χ0n) is 11.2. The van der Waals surface area contributed by atoms with Gasteiger partial charge < -0.3 is 14.6 Å². The number of piperazine rings is 1. The Kier molecular flexibility index (Phi) is 3.42. The van der Waals surface area contributed by atoms with Crippen molar-refractivity contribution in [2.24, 2.45) is 0 Å². The van der Waals surface area contributed by atoms with Crippen LogP contribution in [-0.4, -0.2) is 26.7 Å². The molecule has 1 saturated heterocycles. The molecule has 2 heterocycles. The third-order valence-corrected chi connectivity index (χ3v) is 3.43. The van der Waals surface area contributed by atoms with Crippen LogP contribution in [0.4, 0.5) is 0 Å². The molecule has 0 saturated carbocycles. The van der Waals surface area contributed by atoms with Crippen LogP contribution in [0.15, 0.2) is 35.0 Å². The fraction of sp³-hybridized carbons (Fsp3) is 0.385. The van der Waals surface area contributed by atoms with Gasteiger partial charge in [-0.05, 0) is 17.9 Å². The molecule has 7 nitrogen and oxygen atoms in total. The van der Waals surface area contributed by atoms with Gasteiger partial charge in [-0.15, -0.1) is 0 Å². The van der Waals surface area contributed by atoms with Crippen molar-refractivity contribution in [1.29, 1.82) is 5.41 Å². The fourth-order valence-corrected chi connectivity index (χ4v) is 2.51. The Bertz CT molecular complexity index is 635. The molecule has 7 heteroatoms. The number of hydrogen-bond donors (Lipinski definition) is 2. The van der Waals surface area contributed by atoms with E-state index in [0.717, 1.165) is 30.9 Å². The molecule has 1 unspecified atom stereocenters. The monoisotopic (exact) mass is 275 g/mol. The average molecular weight is 275 g/mol. The first-order valence-corrected chi connectivity index (χ1v) is 6.50. The van der Waals surface area contributed by atoms with Gasteiger partial charge in [0.25, 0.3) is 11.8 Å². The zero-order chi connectivity index (χ0) is 13.9. The minimum atomic E-state index is 0.0438. The number of ether oxygens (including phenoxy) is 1. The van der Waals surface area contributed by atoms with Gasteiger partial charge >= 0.3 is 0 Å². The van der Waals surface area contributed by atoms with Crippen LogP contribution in [0, 0.1) is 5.41 Å². The highest BCUT2D eigenvalue weighted by molar-refractivity contribution is 5.37. The van der Waals surface area contributed by atoms with Gasteiger partial charge in [0.05, 0.1) is 13.2 Å². The highest BCUT2D eigenvalue weighted by Crippen LogP contribution is 2.27. The molecule has 1 aromatic carbocycles. The molecule has 0 amide bonds. The van der Waals surface area contributed by atoms with Crippen molar-refractivity contribution >= 4 is 0 Å². The predicted molar refractivity (Wildman–Crippen MR) is 69.8 cm³/mol. The summed E-state index contributed by atoms with van der Waals surface area (Å²) >= 11 is 0. The Morgan fingerprint density at radius 3 is 3.10 bits per heavy atom. The number of nitrogens with zero attached hydrogens (tertiary/aromatic N) is 3. The summed E-state index contributed by atoms with van der Waals surface area (Å²) in [7, 11) is 1.67. The van der Waals surface area contributed by atoms with E-state index in [4.69, 9.17) is 14.7 Å². The summed E-state index contributed by atoms with van der Waals surface area (Å²) in [5, 5.41) is 16.8. The second kappa shape index (κ2) is 5.38. The van der Waals surface area contributed by atoms with Crippen LogP contribution >= 0.6 is 0 Å². The fourth-order valence-electron chi connectivity index (χ4n) is 2.51. The maximum atomic E-state index is 7.47. The number of nitrogens with one attached hydrogen (secondary N) is 2. The highest BCUT2D eigenvalue weighted by Gasteiger charge is 2.26. The summed E-state index contributed by atoms with van der Waals surface area (Å²) in [6.07, 6.45) is 1.56. The number of aromatic nitrogens is 2. The molecular weight excluding hydrogens is 258 g/mol. The smallest absolute Gasteiger partial charge is 0.286 e. The first-order valence-electron chi connectivity index (χ1n) is 6.50. The van der Waals surface area contributed by atoms with Gasteiger partial charge in [0.2, 0.25) is 0 Å². The van der Waals surface area contributed by atoms with Crippen molar-refractivity contribution in [2.45, 2.75) is 6.04 Å². The van der Waals surface area contributed by atoms with Gasteiger partial charge in [-0.2, -0.15) is 0 Å². The average Bonchev–Trinajstić information content (AvgIpc) is 2.93. The first kappa shape index (κ1) is 12.7. The molecule has 1 aliphatic heterocycles. The van der Waals surface area contributed by atoms with Crippen molar-refractivity contribution in [2.75, 3.05) is 31.8 Å². The summed E-state index contributed by atoms with van der Waals surface area (Å²) in [5.41, 5.74) is 1.13. The Morgan fingerprint density at radius 1 is 1.50 bits per heavy atom. The van der Waals surface area contributed by atoms with Crippen LogP contribution in [0.2, 0.25) is 0 Å². The highest BCUT2D eigenvalue weighted by atomic mass is 16.5. The summed E-state index contributed by atoms with van der Waals surface area (Å²) in [6.45, 7) is 2.42. The number of methoxy groups -OCH3 is 1. The summed E-state index contributed by atoms with van der Waals surface area (Å²) in [5.74, 6) is 0.849. The number of hydrogen-bond acceptors (Lipinski definition) is 5. The molecule has 20 heavy (non-hydrogen) atoms. The van der Waals surface area contributed by atoms with Gasteiger partial charge in [-0.3, -0.25) is 10.4 Å². The first-order chi connectivity index (χ1) is 9.79. The molecule has 0 bridgehead atoms. The van der Waals surface area contributed by atoms with E-state index in [9.17, 15) is 0 Å². The normalized spacial score (nSPS) is 19.1. The molecule has 0 radical (unpaired) electrons. The summed E-state index contributed by atoms with van der Waals surface area (Å²) in [4.78, 5) is 1.60. The van der Waals surface area contributed by atoms with Crippen LogP contribution in [-0.2, 0) is 0 Å². The van der Waals surface area contributed by atoms with E-state index in [1.807, 2.05) is 24.3 Å². The lowest BCUT2D eigenvalue weighted by molar-refractivity contribution is -0.768. The number of rotatable bonds is 3. The molecule has 2 N–H and O–H groups in total. The Balaban J connectivity index is 1.98. The molecule has 1 fully saturated rings. The van der Waals surface area contributed by atoms with Crippen molar-refractivity contribution in [1.82, 2.24) is 10.6 Å². The van der Waals surface area contributed by atoms with E-state index in [1.165, 1.54) is 0 Å². The standard InChI is InChI=1S/C13H17N5O2/c1-19-12-5-3-2-4-10(12)11-8-15-6-7-17(11)18-9-13(14)20-16-18/h2-5,9,11,14-15H,6-8H2,1H3. The van der Waals surface area contributed by atoms with Gasteiger partial charge in [-0.25, -0.2) is 0 Å². The molecule has 1 aromatic heterocycles. The van der Waals surface area contributed by atoms with Gasteiger partial charge in [0, 0.05) is 18.7 Å². The van der Waals surface area contributed by atoms with Crippen LogP contribution in [0.25, 0.3) is 0 Å². The van der Waals surface area contributed by atoms with E-state index in [0.29, 0.717) is 0 Å². The third-order valence-electron chi connectivity index (χ3n) is 3.43. The Morgan fingerprint density at radius 2 is 2.35 bits per heavy atom. The SMILES string of the molecule is COc1ccccc1C1CNCCN1[n+]1cc(=N)o[n-]1. The number of para-hydroxylation sites is 1. The molecule has 3 rings (SSSR count). The van der Waals surface area contributed by atoms with Crippen molar-refractivity contribution in [3.63, 3.8) is 0 Å². The topological polar surface area (TPSA) is 79.5 Å². The van der Waals surface area contributed by atoms with Crippen molar-refractivity contribution in [3.8, 4) is 5.75 Å². The van der Waals surface area contributed by atoms with Crippen LogP contribution in [0.3, 0.4) is 0 Å². The molecule has 2 aromatic rings. The Hall–Kier alpha value is -2.28. The third kappa shape index (κ3) is 2.27. The molecule has 106 valence electrons. The minimum absolute atomic E-state index is 0.0438. The second-order valence-electron chi connectivity index (χ2n) is 4.61. The molecule has 0 aliphatic carbocycles. The van der Waals surface area contributed by atoms with Crippen LogP contribution in [0.5, 0.6) is 5.75 Å². The van der Waals surface area contributed by atoms with E-state index in [1.54, 1.807) is 18.1 Å². The minimum Gasteiger partial charge on any atom is -0.496 e. The molecule has 0 spiro atoms. The number of benzene rings is 1. The van der Waals surface area contributed by atoms with E-state index in [2.05, 4.69) is 15.6 Å². The van der Waals surface area contributed by atoms with Gasteiger partial charge in [0.1, 0.15) is 5.75 Å². The second-order valence-corrected chi connectivity index (χ2v) is 4.61. The summed E-state index contributed by atoms with van der Waals surface area (Å²) < 4.78 is 10.3. The van der Waals surface area contributed by atoms with Crippen molar-refractivity contribution < 1.29 is 14.1 Å². The van der Waals surface area contributed by atoms with Crippen molar-refractivity contribution in [3.05, 3.63) is 41.6 Å². The van der Waals surface area contributed by atoms with Gasteiger partial charge in [0.15, 0.2) is 0 Å². The molecular formula is C13H17N5O2. The van der Waals surface area contributed by atoms with E-state index in [-0.39, 0.29) is 11.6 Å². The predicted octanol–water partition coefficient (Wildman–Crippen LogP) is -0.705. The van der Waals surface area contributed by atoms with E-state index >= 15 is 0 Å². The maximum Gasteiger partial charge on any atom is 0.286 e. The molecule has 1 aliphatic rings. The van der Waals surface area contributed by atoms with Gasteiger partial charge in [-0.1, -0.05) is 23.0 Å². The largest absolute Gasteiger partial charge is 0.496 e. The lowest BCUT2D eigenvalue weighted by Gasteiger charge is -2.37. The quantitative estimate of drug-likeness (QED) is 0.724. The maximum absolute atomic E-state index is 7.47. The van der Waals surface area contributed by atoms with Crippen LogP contribution < -0.4 is 30.7 Å².